The zero-order valence-corrected chi connectivity index (χ0v) is 13.6. The van der Waals surface area contributed by atoms with Gasteiger partial charge in [-0.15, -0.1) is 0 Å². The molecule has 6 heteroatoms. The average molecular weight is 337 g/mol. The molecule has 1 N–H and O–H groups in total. The van der Waals surface area contributed by atoms with Crippen LogP contribution in [0.1, 0.15) is 23.6 Å². The van der Waals surface area contributed by atoms with E-state index >= 15 is 0 Å². The van der Waals surface area contributed by atoms with E-state index in [9.17, 15) is 9.18 Å². The summed E-state index contributed by atoms with van der Waals surface area (Å²) in [5.74, 6) is 0.617. The fourth-order valence-electron chi connectivity index (χ4n) is 3.24. The van der Waals surface area contributed by atoms with Crippen molar-refractivity contribution < 1.29 is 13.9 Å². The number of ether oxygens (including phenoxy) is 1. The second-order valence-corrected chi connectivity index (χ2v) is 5.88. The SMILES string of the molecule is COc1ccccc1[C@@H]1CC(=O)Nc2c1ncn2-c1cccc(F)c1. The summed E-state index contributed by atoms with van der Waals surface area (Å²) in [6.45, 7) is 0. The quantitative estimate of drug-likeness (QED) is 0.796. The number of carbonyl (C=O) groups is 1. The predicted molar refractivity (Wildman–Crippen MR) is 91.6 cm³/mol. The highest BCUT2D eigenvalue weighted by atomic mass is 19.1. The van der Waals surface area contributed by atoms with Crippen LogP contribution >= 0.6 is 0 Å². The topological polar surface area (TPSA) is 56.1 Å². The summed E-state index contributed by atoms with van der Waals surface area (Å²) < 4.78 is 20.7. The number of nitrogens with one attached hydrogen (secondary N) is 1. The van der Waals surface area contributed by atoms with Gasteiger partial charge in [-0.25, -0.2) is 9.37 Å². The molecule has 1 atom stereocenters. The highest BCUT2D eigenvalue weighted by Gasteiger charge is 2.32. The van der Waals surface area contributed by atoms with Crippen LogP contribution in [-0.4, -0.2) is 22.6 Å². The van der Waals surface area contributed by atoms with Gasteiger partial charge in [0.05, 0.1) is 18.5 Å². The molecule has 0 bridgehead atoms. The lowest BCUT2D eigenvalue weighted by molar-refractivity contribution is -0.116. The first-order chi connectivity index (χ1) is 12.2. The summed E-state index contributed by atoms with van der Waals surface area (Å²) in [6, 6.07) is 13.8. The van der Waals surface area contributed by atoms with Crippen molar-refractivity contribution in [1.82, 2.24) is 9.55 Å². The number of hydrogen-bond acceptors (Lipinski definition) is 3. The van der Waals surface area contributed by atoms with Gasteiger partial charge in [0.1, 0.15) is 23.7 Å². The number of rotatable bonds is 3. The summed E-state index contributed by atoms with van der Waals surface area (Å²) in [5.41, 5.74) is 2.26. The Morgan fingerprint density at radius 1 is 1.24 bits per heavy atom. The number of anilines is 1. The van der Waals surface area contributed by atoms with E-state index < -0.39 is 0 Å². The largest absolute Gasteiger partial charge is 0.496 e. The summed E-state index contributed by atoms with van der Waals surface area (Å²) in [4.78, 5) is 16.8. The van der Waals surface area contributed by atoms with Crippen LogP contribution in [0.4, 0.5) is 10.2 Å². The van der Waals surface area contributed by atoms with Gasteiger partial charge in [0.25, 0.3) is 0 Å². The van der Waals surface area contributed by atoms with Crippen LogP contribution < -0.4 is 10.1 Å². The van der Waals surface area contributed by atoms with Crippen molar-refractivity contribution in [1.29, 1.82) is 0 Å². The average Bonchev–Trinajstić information content (AvgIpc) is 3.04. The molecule has 0 unspecified atom stereocenters. The Kier molecular flexibility index (Phi) is 3.72. The van der Waals surface area contributed by atoms with E-state index in [4.69, 9.17) is 4.74 Å². The maximum atomic E-state index is 13.6. The van der Waals surface area contributed by atoms with Crippen molar-refractivity contribution in [3.63, 3.8) is 0 Å². The minimum atomic E-state index is -0.344. The van der Waals surface area contributed by atoms with Crippen molar-refractivity contribution in [3.05, 3.63) is 71.9 Å². The maximum absolute atomic E-state index is 13.6. The second-order valence-electron chi connectivity index (χ2n) is 5.88. The zero-order chi connectivity index (χ0) is 17.4. The van der Waals surface area contributed by atoms with Gasteiger partial charge in [-0.3, -0.25) is 9.36 Å². The highest BCUT2D eigenvalue weighted by molar-refractivity contribution is 5.94. The molecule has 3 aromatic rings. The summed E-state index contributed by atoms with van der Waals surface area (Å²) in [5, 5.41) is 2.86. The first kappa shape index (κ1) is 15.4. The van der Waals surface area contributed by atoms with E-state index in [2.05, 4.69) is 10.3 Å². The van der Waals surface area contributed by atoms with Crippen LogP contribution in [-0.2, 0) is 4.79 Å². The van der Waals surface area contributed by atoms with E-state index in [1.165, 1.54) is 12.1 Å². The molecule has 1 aliphatic rings. The number of hydrogen-bond donors (Lipinski definition) is 1. The van der Waals surface area contributed by atoms with Crippen LogP contribution in [0.5, 0.6) is 5.75 Å². The molecule has 5 nitrogen and oxygen atoms in total. The number of amides is 1. The van der Waals surface area contributed by atoms with Crippen LogP contribution in [0.3, 0.4) is 0 Å². The van der Waals surface area contributed by atoms with Gasteiger partial charge in [-0.1, -0.05) is 24.3 Å². The molecule has 0 fully saturated rings. The van der Waals surface area contributed by atoms with Crippen LogP contribution in [0.15, 0.2) is 54.9 Å². The maximum Gasteiger partial charge on any atom is 0.226 e. The number of methoxy groups -OCH3 is 1. The van der Waals surface area contributed by atoms with Gasteiger partial charge in [0, 0.05) is 17.9 Å². The van der Waals surface area contributed by atoms with Gasteiger partial charge in [-0.05, 0) is 24.3 Å². The van der Waals surface area contributed by atoms with E-state index in [0.29, 0.717) is 17.3 Å². The van der Waals surface area contributed by atoms with Crippen molar-refractivity contribution in [2.75, 3.05) is 12.4 Å². The Labute approximate surface area is 144 Å². The number of fused-ring (bicyclic) bond motifs is 1. The second kappa shape index (κ2) is 6.05. The van der Waals surface area contributed by atoms with Gasteiger partial charge >= 0.3 is 0 Å². The fraction of sp³-hybridized carbons (Fsp3) is 0.158. The number of nitrogens with zero attached hydrogens (tertiary/aromatic N) is 2. The Balaban J connectivity index is 1.84. The zero-order valence-electron chi connectivity index (χ0n) is 13.6. The Morgan fingerprint density at radius 3 is 2.88 bits per heavy atom. The Bertz CT molecular complexity index is 951. The summed E-state index contributed by atoms with van der Waals surface area (Å²) in [7, 11) is 1.61. The molecule has 0 aliphatic carbocycles. The lowest BCUT2D eigenvalue weighted by atomic mass is 9.89. The number of benzene rings is 2. The molecule has 1 aliphatic heterocycles. The van der Waals surface area contributed by atoms with E-state index in [-0.39, 0.29) is 24.1 Å². The van der Waals surface area contributed by atoms with Gasteiger partial charge in [0.15, 0.2) is 0 Å². The number of aromatic nitrogens is 2. The summed E-state index contributed by atoms with van der Waals surface area (Å²) in [6.07, 6.45) is 1.89. The first-order valence-electron chi connectivity index (χ1n) is 7.93. The third kappa shape index (κ3) is 2.65. The molecule has 1 aromatic heterocycles. The smallest absolute Gasteiger partial charge is 0.226 e. The van der Waals surface area contributed by atoms with Crippen molar-refractivity contribution in [2.24, 2.45) is 0 Å². The van der Waals surface area contributed by atoms with E-state index in [0.717, 1.165) is 11.3 Å². The molecule has 0 saturated heterocycles. The molecule has 0 spiro atoms. The minimum Gasteiger partial charge on any atom is -0.496 e. The third-order valence-corrected chi connectivity index (χ3v) is 4.37. The van der Waals surface area contributed by atoms with E-state index in [1.807, 2.05) is 24.3 Å². The Hall–Kier alpha value is -3.15. The molecule has 0 saturated carbocycles. The number of halogens is 1. The van der Waals surface area contributed by atoms with Gasteiger partial charge in [0.2, 0.25) is 5.91 Å². The summed E-state index contributed by atoms with van der Waals surface area (Å²) >= 11 is 0. The predicted octanol–water partition coefficient (Wildman–Crippen LogP) is 3.49. The minimum absolute atomic E-state index is 0.110. The van der Waals surface area contributed by atoms with Crippen molar-refractivity contribution >= 4 is 11.7 Å². The molecule has 4 rings (SSSR count). The number of para-hydroxylation sites is 1. The highest BCUT2D eigenvalue weighted by Crippen LogP contribution is 2.40. The molecular formula is C19H16FN3O2. The first-order valence-corrected chi connectivity index (χ1v) is 7.93. The van der Waals surface area contributed by atoms with Crippen LogP contribution in [0.2, 0.25) is 0 Å². The number of carbonyl (C=O) groups excluding carboxylic acids is 1. The van der Waals surface area contributed by atoms with Crippen molar-refractivity contribution in [2.45, 2.75) is 12.3 Å². The van der Waals surface area contributed by atoms with E-state index in [1.54, 1.807) is 30.1 Å². The van der Waals surface area contributed by atoms with Crippen molar-refractivity contribution in [3.8, 4) is 11.4 Å². The molecular weight excluding hydrogens is 321 g/mol. The number of imidazole rings is 1. The van der Waals surface area contributed by atoms with Gasteiger partial charge < -0.3 is 10.1 Å². The standard InChI is InChI=1S/C19H16FN3O2/c1-25-16-8-3-2-7-14(16)15-10-17(24)22-19-18(15)21-11-23(19)13-6-4-5-12(20)9-13/h2-9,11,15H,10H2,1H3,(H,22,24)/t15-/m0/s1. The lowest BCUT2D eigenvalue weighted by Crippen LogP contribution is -2.25. The molecule has 126 valence electrons. The van der Waals surface area contributed by atoms with Crippen LogP contribution in [0, 0.1) is 5.82 Å². The monoisotopic (exact) mass is 337 g/mol. The normalized spacial score (nSPS) is 16.2. The third-order valence-electron chi connectivity index (χ3n) is 4.37. The molecule has 2 heterocycles. The molecule has 2 aromatic carbocycles. The lowest BCUT2D eigenvalue weighted by Gasteiger charge is -2.24. The van der Waals surface area contributed by atoms with Gasteiger partial charge in [-0.2, -0.15) is 0 Å². The molecule has 1 amide bonds. The fourth-order valence-corrected chi connectivity index (χ4v) is 3.24. The Morgan fingerprint density at radius 2 is 2.08 bits per heavy atom. The molecule has 25 heavy (non-hydrogen) atoms. The van der Waals surface area contributed by atoms with Crippen LogP contribution in [0.25, 0.3) is 5.69 Å². The molecule has 0 radical (unpaired) electrons.